The molecule has 1 aromatic carbocycles. The van der Waals surface area contributed by atoms with Gasteiger partial charge in [0.1, 0.15) is 17.1 Å². The summed E-state index contributed by atoms with van der Waals surface area (Å²) >= 11 is 0. The zero-order chi connectivity index (χ0) is 15.0. The van der Waals surface area contributed by atoms with Crippen molar-refractivity contribution >= 4 is 10.0 Å². The minimum Gasteiger partial charge on any atom is -0.497 e. The van der Waals surface area contributed by atoms with Crippen LogP contribution in [0, 0.1) is 0 Å². The third-order valence-electron chi connectivity index (χ3n) is 3.32. The fourth-order valence-corrected chi connectivity index (χ4v) is 3.48. The third-order valence-corrected chi connectivity index (χ3v) is 5.10. The number of hydrogen-bond acceptors (Lipinski definition) is 4. The number of benzene rings is 1. The molecular weight excluding hydrogens is 278 g/mol. The molecule has 2 rings (SSSR count). The molecule has 0 radical (unpaired) electrons. The molecule has 0 bridgehead atoms. The van der Waals surface area contributed by atoms with Gasteiger partial charge < -0.3 is 9.47 Å². The van der Waals surface area contributed by atoms with E-state index in [9.17, 15) is 8.42 Å². The number of fused-ring (bicyclic) bond motifs is 1. The highest BCUT2D eigenvalue weighted by Gasteiger charge is 2.34. The van der Waals surface area contributed by atoms with Crippen molar-refractivity contribution < 1.29 is 17.9 Å². The number of rotatable bonds is 3. The van der Waals surface area contributed by atoms with Crippen LogP contribution >= 0.6 is 0 Å². The molecule has 1 aliphatic rings. The predicted octanol–water partition coefficient (Wildman–Crippen LogP) is 2.02. The molecule has 0 saturated heterocycles. The monoisotopic (exact) mass is 299 g/mol. The van der Waals surface area contributed by atoms with Gasteiger partial charge in [0, 0.05) is 18.2 Å². The first-order valence-electron chi connectivity index (χ1n) is 6.61. The Balaban J connectivity index is 2.45. The van der Waals surface area contributed by atoms with Crippen molar-refractivity contribution in [1.82, 2.24) is 4.31 Å². The Bertz CT molecular complexity index is 595. The van der Waals surface area contributed by atoms with Crippen molar-refractivity contribution in [2.75, 3.05) is 19.4 Å². The quantitative estimate of drug-likeness (QED) is 0.857. The fourth-order valence-electron chi connectivity index (χ4n) is 2.27. The summed E-state index contributed by atoms with van der Waals surface area (Å²) < 4.78 is 37.0. The van der Waals surface area contributed by atoms with Gasteiger partial charge in [-0.05, 0) is 26.8 Å². The summed E-state index contributed by atoms with van der Waals surface area (Å²) in [4.78, 5) is 0. The second kappa shape index (κ2) is 5.26. The van der Waals surface area contributed by atoms with E-state index in [1.165, 1.54) is 4.31 Å². The summed E-state index contributed by atoms with van der Waals surface area (Å²) in [5.41, 5.74) is 0.272. The molecule has 0 atom stereocenters. The maximum atomic E-state index is 12.2. The molecule has 0 aromatic heterocycles. The Morgan fingerprint density at radius 1 is 1.40 bits per heavy atom. The van der Waals surface area contributed by atoms with E-state index in [1.54, 1.807) is 20.1 Å². The van der Waals surface area contributed by atoms with E-state index in [1.807, 2.05) is 26.0 Å². The topological polar surface area (TPSA) is 55.8 Å². The van der Waals surface area contributed by atoms with Crippen LogP contribution in [-0.4, -0.2) is 37.7 Å². The lowest BCUT2D eigenvalue weighted by atomic mass is 10.1. The van der Waals surface area contributed by atoms with Gasteiger partial charge in [-0.2, -0.15) is 4.31 Å². The van der Waals surface area contributed by atoms with E-state index in [-0.39, 0.29) is 5.75 Å². The van der Waals surface area contributed by atoms with Crippen LogP contribution in [0.5, 0.6) is 11.5 Å². The lowest BCUT2D eigenvalue weighted by Gasteiger charge is -2.28. The second-order valence-corrected chi connectivity index (χ2v) is 7.76. The lowest BCUT2D eigenvalue weighted by molar-refractivity contribution is 0.0953. The van der Waals surface area contributed by atoms with Crippen molar-refractivity contribution in [1.29, 1.82) is 0 Å². The van der Waals surface area contributed by atoms with Gasteiger partial charge in [0.25, 0.3) is 0 Å². The number of ether oxygens (including phenoxy) is 2. The normalized spacial score (nSPS) is 18.8. The van der Waals surface area contributed by atoms with Gasteiger partial charge in [-0.3, -0.25) is 0 Å². The molecule has 6 heteroatoms. The van der Waals surface area contributed by atoms with Gasteiger partial charge in [0.2, 0.25) is 10.0 Å². The summed E-state index contributed by atoms with van der Waals surface area (Å²) in [6.07, 6.45) is 0. The summed E-state index contributed by atoms with van der Waals surface area (Å²) in [6.45, 7) is 6.10. The highest BCUT2D eigenvalue weighted by atomic mass is 32.2. The molecule has 0 fully saturated rings. The maximum absolute atomic E-state index is 12.2. The second-order valence-electron chi connectivity index (χ2n) is 5.50. The average Bonchev–Trinajstić information content (AvgIpc) is 2.52. The molecule has 0 N–H and O–H groups in total. The van der Waals surface area contributed by atoms with E-state index in [0.29, 0.717) is 24.6 Å². The SMILES string of the molecule is CCS(=O)(=O)N1Cc2ccc(OC)cc2OC(C)(C)C1. The molecule has 0 spiro atoms. The summed E-state index contributed by atoms with van der Waals surface area (Å²) in [6, 6.07) is 5.48. The molecule has 1 heterocycles. The largest absolute Gasteiger partial charge is 0.497 e. The van der Waals surface area contributed by atoms with Gasteiger partial charge >= 0.3 is 0 Å². The molecule has 5 nitrogen and oxygen atoms in total. The summed E-state index contributed by atoms with van der Waals surface area (Å²) in [5.74, 6) is 1.48. The third kappa shape index (κ3) is 3.07. The van der Waals surface area contributed by atoms with Crippen molar-refractivity contribution in [2.45, 2.75) is 32.9 Å². The smallest absolute Gasteiger partial charge is 0.214 e. The highest BCUT2D eigenvalue weighted by molar-refractivity contribution is 7.89. The summed E-state index contributed by atoms with van der Waals surface area (Å²) in [7, 11) is -1.66. The zero-order valence-electron chi connectivity index (χ0n) is 12.3. The van der Waals surface area contributed by atoms with Crippen LogP contribution in [0.15, 0.2) is 18.2 Å². The molecule has 0 aliphatic carbocycles. The van der Waals surface area contributed by atoms with Gasteiger partial charge in [-0.1, -0.05) is 6.07 Å². The first kappa shape index (κ1) is 15.1. The van der Waals surface area contributed by atoms with E-state index in [4.69, 9.17) is 9.47 Å². The number of hydrogen-bond donors (Lipinski definition) is 0. The average molecular weight is 299 g/mol. The maximum Gasteiger partial charge on any atom is 0.214 e. The van der Waals surface area contributed by atoms with Crippen LogP contribution in [0.2, 0.25) is 0 Å². The minimum absolute atomic E-state index is 0.0918. The number of sulfonamides is 1. The Morgan fingerprint density at radius 3 is 2.70 bits per heavy atom. The van der Waals surface area contributed by atoms with Gasteiger partial charge in [-0.15, -0.1) is 0 Å². The Morgan fingerprint density at radius 2 is 2.10 bits per heavy atom. The summed E-state index contributed by atoms with van der Waals surface area (Å²) in [5, 5.41) is 0. The van der Waals surface area contributed by atoms with Crippen LogP contribution < -0.4 is 9.47 Å². The minimum atomic E-state index is -3.25. The van der Waals surface area contributed by atoms with Gasteiger partial charge in [0.05, 0.1) is 19.4 Å². The molecule has 20 heavy (non-hydrogen) atoms. The zero-order valence-corrected chi connectivity index (χ0v) is 13.2. The molecule has 1 aromatic rings. The van der Waals surface area contributed by atoms with E-state index >= 15 is 0 Å². The molecule has 0 unspecified atom stereocenters. The van der Waals surface area contributed by atoms with Gasteiger partial charge in [-0.25, -0.2) is 8.42 Å². The molecule has 0 saturated carbocycles. The van der Waals surface area contributed by atoms with Crippen LogP contribution in [0.3, 0.4) is 0 Å². The van der Waals surface area contributed by atoms with Gasteiger partial charge in [0.15, 0.2) is 0 Å². The first-order valence-corrected chi connectivity index (χ1v) is 8.22. The lowest BCUT2D eigenvalue weighted by Crippen LogP contribution is -2.43. The number of methoxy groups -OCH3 is 1. The van der Waals surface area contributed by atoms with Crippen LogP contribution in [0.25, 0.3) is 0 Å². The van der Waals surface area contributed by atoms with Crippen molar-refractivity contribution in [3.63, 3.8) is 0 Å². The molecule has 112 valence electrons. The Hall–Kier alpha value is -1.27. The molecule has 1 aliphatic heterocycles. The Labute approximate surface area is 120 Å². The first-order chi connectivity index (χ1) is 9.27. The highest BCUT2D eigenvalue weighted by Crippen LogP contribution is 2.33. The fraction of sp³-hybridized carbons (Fsp3) is 0.571. The van der Waals surface area contributed by atoms with Crippen LogP contribution in [0.1, 0.15) is 26.3 Å². The van der Waals surface area contributed by atoms with Crippen LogP contribution in [0.4, 0.5) is 0 Å². The van der Waals surface area contributed by atoms with E-state index in [0.717, 1.165) is 5.56 Å². The van der Waals surface area contributed by atoms with E-state index in [2.05, 4.69) is 0 Å². The van der Waals surface area contributed by atoms with Crippen molar-refractivity contribution in [3.05, 3.63) is 23.8 Å². The van der Waals surface area contributed by atoms with Crippen LogP contribution in [-0.2, 0) is 16.6 Å². The molecular formula is C14H21NO4S. The number of nitrogens with zero attached hydrogens (tertiary/aromatic N) is 1. The van der Waals surface area contributed by atoms with Crippen molar-refractivity contribution in [3.8, 4) is 11.5 Å². The standard InChI is InChI=1S/C14H21NO4S/c1-5-20(16,17)15-9-11-6-7-12(18-4)8-13(11)19-14(2,3)10-15/h6-8H,5,9-10H2,1-4H3. The van der Waals surface area contributed by atoms with E-state index < -0.39 is 15.6 Å². The molecule has 0 amide bonds. The Kier molecular flexibility index (Phi) is 3.97. The van der Waals surface area contributed by atoms with Crippen molar-refractivity contribution in [2.24, 2.45) is 0 Å². The predicted molar refractivity (Wildman–Crippen MR) is 77.6 cm³/mol.